The number of halogens is 2. The minimum absolute atomic E-state index is 0.144. The number of rotatable bonds is 11. The molecule has 0 saturated heterocycles. The molecular weight excluding hydrogens is 423 g/mol. The molecule has 1 atom stereocenters. The van der Waals surface area contributed by atoms with Gasteiger partial charge in [0.05, 0.1) is 5.75 Å². The third-order valence-electron chi connectivity index (χ3n) is 4.73. The number of benzene rings is 2. The average molecular weight is 451 g/mol. The molecule has 0 heterocycles. The lowest BCUT2D eigenvalue weighted by Crippen LogP contribution is -2.49. The molecule has 0 saturated carbocycles. The lowest BCUT2D eigenvalue weighted by Gasteiger charge is -2.28. The number of carbonyl (C=O) groups excluding carboxylic acids is 2. The zero-order valence-electron chi connectivity index (χ0n) is 17.4. The molecule has 0 unspecified atom stereocenters. The normalized spacial score (nSPS) is 11.7. The molecule has 1 N–H and O–H groups in total. The lowest BCUT2D eigenvalue weighted by atomic mass is 10.1. The number of amides is 2. The average Bonchev–Trinajstić information content (AvgIpc) is 2.74. The summed E-state index contributed by atoms with van der Waals surface area (Å²) in [5, 5.41) is 3.21. The van der Waals surface area contributed by atoms with Crippen molar-refractivity contribution in [3.8, 4) is 0 Å². The van der Waals surface area contributed by atoms with Crippen molar-refractivity contribution < 1.29 is 14.0 Å². The van der Waals surface area contributed by atoms with Crippen LogP contribution in [0.15, 0.2) is 48.5 Å². The Morgan fingerprint density at radius 2 is 1.90 bits per heavy atom. The standard InChI is InChI=1S/C23H28ClFN2O2S/c1-3-13-26-23(29)17(2)27(14-12-18-8-5-4-6-9-18)22(28)16-30-15-19-20(24)10-7-11-21(19)25/h4-11,17H,3,12-16H2,1-2H3,(H,26,29)/t17-/m1/s1. The zero-order valence-corrected chi connectivity index (χ0v) is 18.9. The van der Waals surface area contributed by atoms with Crippen LogP contribution in [0, 0.1) is 5.82 Å². The van der Waals surface area contributed by atoms with Gasteiger partial charge in [-0.2, -0.15) is 0 Å². The summed E-state index contributed by atoms with van der Waals surface area (Å²) >= 11 is 7.36. The number of hydrogen-bond donors (Lipinski definition) is 1. The predicted octanol–water partition coefficient (Wildman–Crippen LogP) is 4.70. The zero-order chi connectivity index (χ0) is 21.9. The van der Waals surface area contributed by atoms with E-state index in [1.807, 2.05) is 37.3 Å². The molecule has 0 aromatic heterocycles. The Balaban J connectivity index is 2.02. The first-order valence-corrected chi connectivity index (χ1v) is 11.6. The van der Waals surface area contributed by atoms with Crippen molar-refractivity contribution in [2.45, 2.75) is 38.5 Å². The van der Waals surface area contributed by atoms with Gasteiger partial charge in [0.2, 0.25) is 11.8 Å². The van der Waals surface area contributed by atoms with Crippen molar-refractivity contribution in [2.24, 2.45) is 0 Å². The van der Waals surface area contributed by atoms with Gasteiger partial charge in [0.15, 0.2) is 0 Å². The van der Waals surface area contributed by atoms with E-state index in [2.05, 4.69) is 5.32 Å². The molecule has 2 aromatic rings. The maximum atomic E-state index is 13.9. The number of carbonyl (C=O) groups is 2. The summed E-state index contributed by atoms with van der Waals surface area (Å²) in [6.45, 7) is 4.73. The molecule has 0 radical (unpaired) electrons. The first kappa shape index (κ1) is 24.2. The highest BCUT2D eigenvalue weighted by Gasteiger charge is 2.25. The van der Waals surface area contributed by atoms with Crippen LogP contribution in [-0.2, 0) is 21.8 Å². The Bertz CT molecular complexity index is 815. The van der Waals surface area contributed by atoms with E-state index in [-0.39, 0.29) is 23.4 Å². The van der Waals surface area contributed by atoms with Crippen LogP contribution in [0.4, 0.5) is 4.39 Å². The maximum absolute atomic E-state index is 13.9. The van der Waals surface area contributed by atoms with Crippen LogP contribution in [0.3, 0.4) is 0 Å². The van der Waals surface area contributed by atoms with Crippen LogP contribution in [0.2, 0.25) is 5.02 Å². The second kappa shape index (κ2) is 12.6. The van der Waals surface area contributed by atoms with Gasteiger partial charge in [0.25, 0.3) is 0 Å². The van der Waals surface area contributed by atoms with Gasteiger partial charge >= 0.3 is 0 Å². The molecule has 0 aliphatic rings. The third-order valence-corrected chi connectivity index (χ3v) is 6.03. The second-order valence-electron chi connectivity index (χ2n) is 6.98. The van der Waals surface area contributed by atoms with E-state index in [1.54, 1.807) is 24.0 Å². The molecule has 4 nitrogen and oxygen atoms in total. The van der Waals surface area contributed by atoms with Crippen LogP contribution in [0.5, 0.6) is 0 Å². The highest BCUT2D eigenvalue weighted by Crippen LogP contribution is 2.24. The Morgan fingerprint density at radius 1 is 1.17 bits per heavy atom. The highest BCUT2D eigenvalue weighted by molar-refractivity contribution is 7.99. The summed E-state index contributed by atoms with van der Waals surface area (Å²) < 4.78 is 13.9. The summed E-state index contributed by atoms with van der Waals surface area (Å²) in [7, 11) is 0. The van der Waals surface area contributed by atoms with Gasteiger partial charge in [0.1, 0.15) is 11.9 Å². The van der Waals surface area contributed by atoms with Gasteiger partial charge in [-0.3, -0.25) is 9.59 Å². The highest BCUT2D eigenvalue weighted by atomic mass is 35.5. The van der Waals surface area contributed by atoms with Gasteiger partial charge in [0, 0.05) is 29.4 Å². The molecule has 0 spiro atoms. The van der Waals surface area contributed by atoms with Crippen molar-refractivity contribution in [1.82, 2.24) is 10.2 Å². The summed E-state index contributed by atoms with van der Waals surface area (Å²) in [4.78, 5) is 27.0. The number of hydrogen-bond acceptors (Lipinski definition) is 3. The minimum atomic E-state index is -0.578. The molecule has 2 amide bonds. The van der Waals surface area contributed by atoms with E-state index in [0.717, 1.165) is 12.0 Å². The molecule has 30 heavy (non-hydrogen) atoms. The van der Waals surface area contributed by atoms with Crippen molar-refractivity contribution in [2.75, 3.05) is 18.8 Å². The molecule has 0 aliphatic carbocycles. The summed E-state index contributed by atoms with van der Waals surface area (Å²) in [5.41, 5.74) is 1.49. The third kappa shape index (κ3) is 7.33. The second-order valence-corrected chi connectivity index (χ2v) is 8.38. The van der Waals surface area contributed by atoms with Crippen LogP contribution in [0.25, 0.3) is 0 Å². The molecule has 162 valence electrons. The fourth-order valence-electron chi connectivity index (χ4n) is 2.96. The topological polar surface area (TPSA) is 49.4 Å². The van der Waals surface area contributed by atoms with Crippen LogP contribution >= 0.6 is 23.4 Å². The fourth-order valence-corrected chi connectivity index (χ4v) is 4.21. The molecule has 0 bridgehead atoms. The Morgan fingerprint density at radius 3 is 2.57 bits per heavy atom. The molecule has 7 heteroatoms. The van der Waals surface area contributed by atoms with Gasteiger partial charge < -0.3 is 10.2 Å². The van der Waals surface area contributed by atoms with Gasteiger partial charge in [-0.1, -0.05) is 54.9 Å². The first-order valence-electron chi connectivity index (χ1n) is 10.1. The monoisotopic (exact) mass is 450 g/mol. The molecular formula is C23H28ClFN2O2S. The summed E-state index contributed by atoms with van der Waals surface area (Å²) in [5.74, 6) is -0.260. The van der Waals surface area contributed by atoms with Gasteiger partial charge in [-0.15, -0.1) is 11.8 Å². The van der Waals surface area contributed by atoms with Crippen LogP contribution in [0.1, 0.15) is 31.4 Å². The smallest absolute Gasteiger partial charge is 0.242 e. The maximum Gasteiger partial charge on any atom is 0.242 e. The SMILES string of the molecule is CCCNC(=O)[C@@H](C)N(CCc1ccccc1)C(=O)CSCc1c(F)cccc1Cl. The first-order chi connectivity index (χ1) is 14.4. The number of thioether (sulfide) groups is 1. The van der Waals surface area contributed by atoms with E-state index in [4.69, 9.17) is 11.6 Å². The van der Waals surface area contributed by atoms with Gasteiger partial charge in [-0.05, 0) is 37.5 Å². The van der Waals surface area contributed by atoms with E-state index in [0.29, 0.717) is 35.8 Å². The van der Waals surface area contributed by atoms with Crippen molar-refractivity contribution in [3.63, 3.8) is 0 Å². The largest absolute Gasteiger partial charge is 0.354 e. The molecule has 2 aromatic carbocycles. The number of nitrogens with zero attached hydrogens (tertiary/aromatic N) is 1. The molecule has 0 fully saturated rings. The van der Waals surface area contributed by atoms with Crippen molar-refractivity contribution >= 4 is 35.2 Å². The molecule has 0 aliphatic heterocycles. The van der Waals surface area contributed by atoms with Crippen molar-refractivity contribution in [3.05, 3.63) is 70.5 Å². The fraction of sp³-hybridized carbons (Fsp3) is 0.391. The van der Waals surface area contributed by atoms with Crippen LogP contribution in [-0.4, -0.2) is 41.6 Å². The van der Waals surface area contributed by atoms with E-state index >= 15 is 0 Å². The van der Waals surface area contributed by atoms with Gasteiger partial charge in [-0.25, -0.2) is 4.39 Å². The Kier molecular flexibility index (Phi) is 10.2. The summed E-state index contributed by atoms with van der Waals surface area (Å²) in [6, 6.07) is 13.8. The number of nitrogens with one attached hydrogen (secondary N) is 1. The Hall–Kier alpha value is -2.05. The summed E-state index contributed by atoms with van der Waals surface area (Å²) in [6.07, 6.45) is 1.48. The van der Waals surface area contributed by atoms with E-state index in [1.165, 1.54) is 17.8 Å². The quantitative estimate of drug-likeness (QED) is 0.540. The lowest BCUT2D eigenvalue weighted by molar-refractivity contribution is -0.137. The van der Waals surface area contributed by atoms with Crippen LogP contribution < -0.4 is 5.32 Å². The minimum Gasteiger partial charge on any atom is -0.354 e. The Labute approximate surface area is 187 Å². The molecule has 2 rings (SSSR count). The van der Waals surface area contributed by atoms with E-state index in [9.17, 15) is 14.0 Å². The van der Waals surface area contributed by atoms with Crippen molar-refractivity contribution in [1.29, 1.82) is 0 Å². The predicted molar refractivity (Wildman–Crippen MR) is 122 cm³/mol. The van der Waals surface area contributed by atoms with E-state index < -0.39 is 6.04 Å².